The predicted octanol–water partition coefficient (Wildman–Crippen LogP) is 23.3. The summed E-state index contributed by atoms with van der Waals surface area (Å²) in [4.78, 5) is 37.7. The molecule has 9 nitrogen and oxygen atoms in total. The standard InChI is InChI=1S/C78H141NO8/c1-6-8-10-12-14-16-18-20-22-24-26-28-30-32-34-36-37-38-39-41-43-45-47-49-51-53-55-57-59-61-63-65-67-69-76(81)87-74(73-86-78(77(82)83)84-71-70-79(3,4)5)72-85-75(80)68-66-64-62-60-58-56-54-52-50-48-46-44-42-40-35-33-31-29-27-25-23-21-19-17-15-13-11-9-7-2/h8,10,14,16,20,22,26,28,32,34,37-38,74,78H,6-7,9,11-13,15,17-19,21,23-25,27,29-31,33,35-36,39-73H2,1-5H3/p+1/b10-8-,16-14-,22-20-,28-26-,34-32-,38-37-. The molecule has 0 aromatic rings. The van der Waals surface area contributed by atoms with Crippen molar-refractivity contribution in [2.75, 3.05) is 47.5 Å². The fourth-order valence-corrected chi connectivity index (χ4v) is 10.8. The molecule has 0 aromatic carbocycles. The molecule has 0 fully saturated rings. The summed E-state index contributed by atoms with van der Waals surface area (Å²) >= 11 is 0. The second-order valence-corrected chi connectivity index (χ2v) is 26.2. The monoisotopic (exact) mass is 1220 g/mol. The number of nitrogens with zero attached hydrogens (tertiary/aromatic N) is 1. The van der Waals surface area contributed by atoms with E-state index in [1.54, 1.807) is 0 Å². The zero-order chi connectivity index (χ0) is 63.3. The van der Waals surface area contributed by atoms with Gasteiger partial charge in [-0.25, -0.2) is 4.79 Å². The van der Waals surface area contributed by atoms with E-state index in [4.69, 9.17) is 18.9 Å². The Morgan fingerprint density at radius 3 is 0.977 bits per heavy atom. The van der Waals surface area contributed by atoms with E-state index >= 15 is 0 Å². The highest BCUT2D eigenvalue weighted by Crippen LogP contribution is 2.19. The van der Waals surface area contributed by atoms with Crippen LogP contribution in [-0.4, -0.2) is 87.4 Å². The number of carbonyl (C=O) groups is 3. The van der Waals surface area contributed by atoms with E-state index in [2.05, 4.69) is 86.8 Å². The average molecular weight is 1220 g/mol. The Bertz CT molecular complexity index is 1660. The number of unbranched alkanes of at least 4 members (excludes halogenated alkanes) is 42. The van der Waals surface area contributed by atoms with Crippen LogP contribution in [0.4, 0.5) is 0 Å². The van der Waals surface area contributed by atoms with Gasteiger partial charge in [0.25, 0.3) is 6.29 Å². The van der Waals surface area contributed by atoms with Crippen molar-refractivity contribution in [3.63, 3.8) is 0 Å². The number of carboxylic acid groups (broad SMARTS) is 1. The second kappa shape index (κ2) is 68.6. The molecule has 1 N–H and O–H groups in total. The first-order valence-corrected chi connectivity index (χ1v) is 37.1. The van der Waals surface area contributed by atoms with Crippen LogP contribution >= 0.6 is 0 Å². The van der Waals surface area contributed by atoms with E-state index in [0.717, 1.165) is 77.0 Å². The molecule has 0 amide bonds. The van der Waals surface area contributed by atoms with Crippen LogP contribution in [-0.2, 0) is 33.3 Å². The molecule has 506 valence electrons. The number of rotatable bonds is 69. The SMILES string of the molecule is CC/C=C\C/C=C\C/C=C\C/C=C\C/C=C\C/C=C\CCCCCCCCCCCCCCCCC(=O)OC(COC(=O)CCCCCCCCCCCCCCCCCCCCCCCCCCCCCCC)COC(OCC[N+](C)(C)C)C(=O)O. The average Bonchev–Trinajstić information content (AvgIpc) is 3.59. The third-order valence-corrected chi connectivity index (χ3v) is 16.5. The minimum absolute atomic E-state index is 0.179. The molecule has 0 aliphatic heterocycles. The summed E-state index contributed by atoms with van der Waals surface area (Å²) in [7, 11) is 5.99. The van der Waals surface area contributed by atoms with Gasteiger partial charge in [0, 0.05) is 12.8 Å². The second-order valence-electron chi connectivity index (χ2n) is 26.2. The van der Waals surface area contributed by atoms with Crippen molar-refractivity contribution in [3.8, 4) is 0 Å². The Labute approximate surface area is 538 Å². The number of carbonyl (C=O) groups excluding carboxylic acids is 2. The van der Waals surface area contributed by atoms with Crippen LogP contribution in [0.5, 0.6) is 0 Å². The van der Waals surface area contributed by atoms with Crippen molar-refractivity contribution >= 4 is 17.9 Å². The molecule has 0 heterocycles. The molecular formula is C78H142NO8+. The van der Waals surface area contributed by atoms with Gasteiger partial charge >= 0.3 is 17.9 Å². The summed E-state index contributed by atoms with van der Waals surface area (Å²) < 4.78 is 23.0. The van der Waals surface area contributed by atoms with Gasteiger partial charge in [-0.15, -0.1) is 0 Å². The van der Waals surface area contributed by atoms with Gasteiger partial charge < -0.3 is 28.5 Å². The molecule has 87 heavy (non-hydrogen) atoms. The van der Waals surface area contributed by atoms with Crippen molar-refractivity contribution in [2.45, 2.75) is 360 Å². The van der Waals surface area contributed by atoms with Crippen LogP contribution in [0.3, 0.4) is 0 Å². The highest BCUT2D eigenvalue weighted by atomic mass is 16.7. The number of allylic oxidation sites excluding steroid dienone is 12. The van der Waals surface area contributed by atoms with Crippen molar-refractivity contribution in [3.05, 3.63) is 72.9 Å². The molecule has 0 aliphatic rings. The van der Waals surface area contributed by atoms with Gasteiger partial charge in [-0.05, 0) is 64.2 Å². The lowest BCUT2D eigenvalue weighted by atomic mass is 10.0. The fraction of sp³-hybridized carbons (Fsp3) is 0.808. The molecule has 2 atom stereocenters. The van der Waals surface area contributed by atoms with Gasteiger partial charge in [-0.2, -0.15) is 0 Å². The maximum atomic E-state index is 13.0. The first kappa shape index (κ1) is 83.7. The Morgan fingerprint density at radius 1 is 0.356 bits per heavy atom. The van der Waals surface area contributed by atoms with Crippen LogP contribution in [0.1, 0.15) is 348 Å². The van der Waals surface area contributed by atoms with Gasteiger partial charge in [0.15, 0.2) is 6.10 Å². The lowest BCUT2D eigenvalue weighted by Gasteiger charge is -2.25. The zero-order valence-corrected chi connectivity index (χ0v) is 57.9. The molecule has 0 spiro atoms. The number of likely N-dealkylation sites (N-methyl/N-ethyl adjacent to an activating group) is 1. The number of carboxylic acids is 1. The first-order chi connectivity index (χ1) is 42.6. The molecule has 9 heteroatoms. The van der Waals surface area contributed by atoms with Gasteiger partial charge in [-0.1, -0.05) is 344 Å². The Hall–Kier alpha value is -3.27. The number of aliphatic carboxylic acids is 1. The maximum absolute atomic E-state index is 13.0. The normalized spacial score (nSPS) is 13.1. The summed E-state index contributed by atoms with van der Waals surface area (Å²) in [5.41, 5.74) is 0. The summed E-state index contributed by atoms with van der Waals surface area (Å²) in [6.07, 6.45) is 88.9. The van der Waals surface area contributed by atoms with Crippen LogP contribution in [0.25, 0.3) is 0 Å². The van der Waals surface area contributed by atoms with E-state index in [9.17, 15) is 19.5 Å². The minimum Gasteiger partial charge on any atom is -0.477 e. The Balaban J connectivity index is 4.06. The van der Waals surface area contributed by atoms with Crippen LogP contribution in [0.15, 0.2) is 72.9 Å². The van der Waals surface area contributed by atoms with Crippen LogP contribution in [0.2, 0.25) is 0 Å². The van der Waals surface area contributed by atoms with E-state index in [0.29, 0.717) is 17.4 Å². The molecule has 0 bridgehead atoms. The lowest BCUT2D eigenvalue weighted by Crippen LogP contribution is -2.40. The van der Waals surface area contributed by atoms with Crippen LogP contribution in [0, 0.1) is 0 Å². The van der Waals surface area contributed by atoms with Gasteiger partial charge in [0.2, 0.25) is 0 Å². The highest BCUT2D eigenvalue weighted by molar-refractivity contribution is 5.71. The van der Waals surface area contributed by atoms with Crippen molar-refractivity contribution < 1.29 is 42.9 Å². The number of hydrogen-bond donors (Lipinski definition) is 1. The summed E-state index contributed by atoms with van der Waals surface area (Å²) in [6, 6.07) is 0. The van der Waals surface area contributed by atoms with Gasteiger partial charge in [0.1, 0.15) is 13.2 Å². The third-order valence-electron chi connectivity index (χ3n) is 16.5. The number of ether oxygens (including phenoxy) is 4. The first-order valence-electron chi connectivity index (χ1n) is 37.1. The van der Waals surface area contributed by atoms with Gasteiger partial charge in [0.05, 0.1) is 34.4 Å². The van der Waals surface area contributed by atoms with E-state index in [-0.39, 0.29) is 32.2 Å². The summed E-state index contributed by atoms with van der Waals surface area (Å²) in [5, 5.41) is 9.76. The summed E-state index contributed by atoms with van der Waals surface area (Å²) in [5.74, 6) is -1.98. The zero-order valence-electron chi connectivity index (χ0n) is 57.9. The molecule has 0 rings (SSSR count). The largest absolute Gasteiger partial charge is 0.477 e. The Kier molecular flexibility index (Phi) is 66.1. The Morgan fingerprint density at radius 2 is 0.655 bits per heavy atom. The predicted molar refractivity (Wildman–Crippen MR) is 373 cm³/mol. The lowest BCUT2D eigenvalue weighted by molar-refractivity contribution is -0.870. The van der Waals surface area contributed by atoms with E-state index < -0.39 is 24.3 Å². The topological polar surface area (TPSA) is 108 Å². The van der Waals surface area contributed by atoms with E-state index in [1.165, 1.54) is 244 Å². The maximum Gasteiger partial charge on any atom is 0.361 e. The third kappa shape index (κ3) is 70.1. The van der Waals surface area contributed by atoms with Gasteiger partial charge in [-0.3, -0.25) is 9.59 Å². The van der Waals surface area contributed by atoms with Crippen LogP contribution < -0.4 is 0 Å². The molecule has 0 aromatic heterocycles. The summed E-state index contributed by atoms with van der Waals surface area (Å²) in [6.45, 7) is 4.82. The molecule has 0 aliphatic carbocycles. The molecule has 0 radical (unpaired) electrons. The number of quaternary nitrogens is 1. The molecular weight excluding hydrogens is 1080 g/mol. The molecule has 0 saturated heterocycles. The van der Waals surface area contributed by atoms with Crippen molar-refractivity contribution in [1.29, 1.82) is 0 Å². The fourth-order valence-electron chi connectivity index (χ4n) is 10.8. The van der Waals surface area contributed by atoms with Crippen molar-refractivity contribution in [1.82, 2.24) is 0 Å². The minimum atomic E-state index is -1.51. The van der Waals surface area contributed by atoms with E-state index in [1.807, 2.05) is 21.1 Å². The smallest absolute Gasteiger partial charge is 0.361 e. The number of hydrogen-bond acceptors (Lipinski definition) is 7. The molecule has 2 unspecified atom stereocenters. The molecule has 0 saturated carbocycles. The highest BCUT2D eigenvalue weighted by Gasteiger charge is 2.25. The van der Waals surface area contributed by atoms with Crippen molar-refractivity contribution in [2.24, 2.45) is 0 Å². The number of esters is 2. The quantitative estimate of drug-likeness (QED) is 0.0211.